The molecule has 0 aromatic carbocycles. The zero-order chi connectivity index (χ0) is 9.97. The van der Waals surface area contributed by atoms with E-state index in [1.54, 1.807) is 0 Å². The fraction of sp³-hybridized carbons (Fsp3) is 0.636. The first-order valence-electron chi connectivity index (χ1n) is 5.26. The summed E-state index contributed by atoms with van der Waals surface area (Å²) in [7, 11) is 0. The molecule has 2 heterocycles. The van der Waals surface area contributed by atoms with E-state index in [2.05, 4.69) is 24.0 Å². The van der Waals surface area contributed by atoms with Crippen LogP contribution in [0.5, 0.6) is 0 Å². The molecule has 0 amide bonds. The van der Waals surface area contributed by atoms with Gasteiger partial charge in [-0.3, -0.25) is 4.90 Å². The van der Waals surface area contributed by atoms with Gasteiger partial charge in [0.25, 0.3) is 0 Å². The number of hydrogen-bond acceptors (Lipinski definition) is 3. The summed E-state index contributed by atoms with van der Waals surface area (Å²) in [6.07, 6.45) is 1.97. The molecule has 0 saturated carbocycles. The lowest BCUT2D eigenvalue weighted by Crippen LogP contribution is -2.20. The SMILES string of the molecule is CCc1ccc(CN2CC[C@H](O)C2)s1. The predicted molar refractivity (Wildman–Crippen MR) is 59.6 cm³/mol. The van der Waals surface area contributed by atoms with Gasteiger partial charge in [-0.2, -0.15) is 0 Å². The van der Waals surface area contributed by atoms with Crippen molar-refractivity contribution in [3.63, 3.8) is 0 Å². The lowest BCUT2D eigenvalue weighted by atomic mass is 10.3. The number of β-amino-alcohol motifs (C(OH)–C–C–N with tert-alkyl or cyclic N) is 1. The van der Waals surface area contributed by atoms with Crippen LogP contribution in [0.4, 0.5) is 0 Å². The van der Waals surface area contributed by atoms with Gasteiger partial charge in [-0.15, -0.1) is 11.3 Å². The van der Waals surface area contributed by atoms with Crippen molar-refractivity contribution in [3.05, 3.63) is 21.9 Å². The van der Waals surface area contributed by atoms with E-state index in [1.807, 2.05) is 11.3 Å². The third kappa shape index (κ3) is 2.35. The van der Waals surface area contributed by atoms with Gasteiger partial charge in [0.2, 0.25) is 0 Å². The standard InChI is InChI=1S/C11H17NOS/c1-2-10-3-4-11(14-10)8-12-6-5-9(13)7-12/h3-4,9,13H,2,5-8H2,1H3/t9-/m0/s1. The molecule has 1 aliphatic heterocycles. The molecule has 1 fully saturated rings. The van der Waals surface area contributed by atoms with Gasteiger partial charge >= 0.3 is 0 Å². The van der Waals surface area contributed by atoms with Crippen molar-refractivity contribution >= 4 is 11.3 Å². The highest BCUT2D eigenvalue weighted by Crippen LogP contribution is 2.20. The zero-order valence-corrected chi connectivity index (χ0v) is 9.39. The average Bonchev–Trinajstić information content (AvgIpc) is 2.76. The summed E-state index contributed by atoms with van der Waals surface area (Å²) < 4.78 is 0. The first-order chi connectivity index (χ1) is 6.78. The molecule has 1 atom stereocenters. The van der Waals surface area contributed by atoms with Gasteiger partial charge in [-0.1, -0.05) is 6.92 Å². The van der Waals surface area contributed by atoms with E-state index in [0.29, 0.717) is 0 Å². The Labute approximate surface area is 89.2 Å². The van der Waals surface area contributed by atoms with Crippen LogP contribution in [0.2, 0.25) is 0 Å². The predicted octanol–water partition coefficient (Wildman–Crippen LogP) is 1.88. The summed E-state index contributed by atoms with van der Waals surface area (Å²) in [5.74, 6) is 0. The highest BCUT2D eigenvalue weighted by atomic mass is 32.1. The summed E-state index contributed by atoms with van der Waals surface area (Å²) in [5.41, 5.74) is 0. The molecule has 1 N–H and O–H groups in total. The zero-order valence-electron chi connectivity index (χ0n) is 8.57. The van der Waals surface area contributed by atoms with Gasteiger partial charge in [0, 0.05) is 29.4 Å². The minimum atomic E-state index is -0.0967. The number of thiophene rings is 1. The third-order valence-corrected chi connectivity index (χ3v) is 3.91. The minimum Gasteiger partial charge on any atom is -0.392 e. The molecule has 0 aliphatic carbocycles. The largest absolute Gasteiger partial charge is 0.392 e. The fourth-order valence-corrected chi connectivity index (χ4v) is 2.87. The van der Waals surface area contributed by atoms with Crippen LogP contribution in [0.3, 0.4) is 0 Å². The van der Waals surface area contributed by atoms with Crippen LogP contribution >= 0.6 is 11.3 Å². The van der Waals surface area contributed by atoms with E-state index in [1.165, 1.54) is 9.75 Å². The van der Waals surface area contributed by atoms with Gasteiger partial charge in [0.1, 0.15) is 0 Å². The lowest BCUT2D eigenvalue weighted by Gasteiger charge is -2.12. The normalized spacial score (nSPS) is 23.1. The second-order valence-corrected chi connectivity index (χ2v) is 5.15. The molecule has 1 aliphatic rings. The Morgan fingerprint density at radius 1 is 1.50 bits per heavy atom. The summed E-state index contributed by atoms with van der Waals surface area (Å²) in [5, 5.41) is 9.39. The van der Waals surface area contributed by atoms with Crippen molar-refractivity contribution in [1.82, 2.24) is 4.90 Å². The van der Waals surface area contributed by atoms with Crippen LogP contribution < -0.4 is 0 Å². The molecule has 1 saturated heterocycles. The average molecular weight is 211 g/mol. The second kappa shape index (κ2) is 4.43. The minimum absolute atomic E-state index is 0.0967. The summed E-state index contributed by atoms with van der Waals surface area (Å²) >= 11 is 1.90. The first-order valence-corrected chi connectivity index (χ1v) is 6.07. The molecule has 0 radical (unpaired) electrons. The Kier molecular flexibility index (Phi) is 3.21. The van der Waals surface area contributed by atoms with Crippen LogP contribution in [0.15, 0.2) is 12.1 Å². The second-order valence-electron chi connectivity index (χ2n) is 3.90. The van der Waals surface area contributed by atoms with E-state index in [9.17, 15) is 5.11 Å². The number of likely N-dealkylation sites (tertiary alicyclic amines) is 1. The number of aliphatic hydroxyl groups excluding tert-OH is 1. The van der Waals surface area contributed by atoms with Gasteiger partial charge in [-0.25, -0.2) is 0 Å². The molecule has 1 aromatic heterocycles. The molecule has 1 aromatic rings. The fourth-order valence-electron chi connectivity index (χ4n) is 1.87. The molecule has 0 unspecified atom stereocenters. The molecular formula is C11H17NOS. The van der Waals surface area contributed by atoms with E-state index in [0.717, 1.165) is 32.5 Å². The molecule has 14 heavy (non-hydrogen) atoms. The topological polar surface area (TPSA) is 23.5 Å². The molecular weight excluding hydrogens is 194 g/mol. The highest BCUT2D eigenvalue weighted by Gasteiger charge is 2.20. The van der Waals surface area contributed by atoms with Crippen LogP contribution in [-0.2, 0) is 13.0 Å². The van der Waals surface area contributed by atoms with Crippen molar-refractivity contribution in [2.24, 2.45) is 0 Å². The van der Waals surface area contributed by atoms with Crippen molar-refractivity contribution in [3.8, 4) is 0 Å². The van der Waals surface area contributed by atoms with Crippen molar-refractivity contribution in [2.45, 2.75) is 32.4 Å². The maximum atomic E-state index is 9.39. The quantitative estimate of drug-likeness (QED) is 0.825. The first kappa shape index (κ1) is 10.1. The Hall–Kier alpha value is -0.380. The molecule has 2 rings (SSSR count). The van der Waals surface area contributed by atoms with Crippen LogP contribution in [0.25, 0.3) is 0 Å². The monoisotopic (exact) mass is 211 g/mol. The number of aryl methyl sites for hydroxylation is 1. The highest BCUT2D eigenvalue weighted by molar-refractivity contribution is 7.11. The van der Waals surface area contributed by atoms with E-state index >= 15 is 0 Å². The van der Waals surface area contributed by atoms with Crippen molar-refractivity contribution in [1.29, 1.82) is 0 Å². The van der Waals surface area contributed by atoms with Crippen molar-refractivity contribution in [2.75, 3.05) is 13.1 Å². The van der Waals surface area contributed by atoms with Crippen LogP contribution in [0.1, 0.15) is 23.1 Å². The van der Waals surface area contributed by atoms with Gasteiger partial charge < -0.3 is 5.11 Å². The molecule has 3 heteroatoms. The van der Waals surface area contributed by atoms with Crippen LogP contribution in [-0.4, -0.2) is 29.2 Å². The number of aliphatic hydroxyl groups is 1. The Morgan fingerprint density at radius 2 is 2.29 bits per heavy atom. The lowest BCUT2D eigenvalue weighted by molar-refractivity contribution is 0.175. The van der Waals surface area contributed by atoms with Crippen LogP contribution in [0, 0.1) is 0 Å². The number of hydrogen-bond donors (Lipinski definition) is 1. The molecule has 78 valence electrons. The van der Waals surface area contributed by atoms with E-state index < -0.39 is 0 Å². The summed E-state index contributed by atoms with van der Waals surface area (Å²) in [6.45, 7) is 5.09. The third-order valence-electron chi connectivity index (χ3n) is 2.69. The molecule has 0 spiro atoms. The molecule has 2 nitrogen and oxygen atoms in total. The maximum absolute atomic E-state index is 9.39. The van der Waals surface area contributed by atoms with E-state index in [4.69, 9.17) is 0 Å². The van der Waals surface area contributed by atoms with E-state index in [-0.39, 0.29) is 6.10 Å². The van der Waals surface area contributed by atoms with Gasteiger partial charge in [0.15, 0.2) is 0 Å². The summed E-state index contributed by atoms with van der Waals surface area (Å²) in [4.78, 5) is 5.21. The van der Waals surface area contributed by atoms with Gasteiger partial charge in [-0.05, 0) is 25.0 Å². The Balaban J connectivity index is 1.90. The summed E-state index contributed by atoms with van der Waals surface area (Å²) in [6, 6.07) is 4.43. The Bertz CT molecular complexity index is 297. The Morgan fingerprint density at radius 3 is 2.86 bits per heavy atom. The smallest absolute Gasteiger partial charge is 0.0679 e. The molecule has 0 bridgehead atoms. The maximum Gasteiger partial charge on any atom is 0.0679 e. The van der Waals surface area contributed by atoms with Gasteiger partial charge in [0.05, 0.1) is 6.10 Å². The number of rotatable bonds is 3. The van der Waals surface area contributed by atoms with Crippen molar-refractivity contribution < 1.29 is 5.11 Å². The number of nitrogens with zero attached hydrogens (tertiary/aromatic N) is 1.